The minimum atomic E-state index is -1.04. The first-order valence-corrected chi connectivity index (χ1v) is 7.70. The maximum absolute atomic E-state index is 11.7. The molecule has 2 heterocycles. The molecule has 0 aliphatic rings. The van der Waals surface area contributed by atoms with Crippen molar-refractivity contribution in [2.75, 3.05) is 6.54 Å². The van der Waals surface area contributed by atoms with Crippen LogP contribution in [0.2, 0.25) is 0 Å². The SMILES string of the molecule is C[C@@](O)(CNC(=O)/C=C/c1ccsc1)c1ccsc1. The molecule has 2 aromatic rings. The van der Waals surface area contributed by atoms with Crippen molar-refractivity contribution in [1.29, 1.82) is 0 Å². The van der Waals surface area contributed by atoms with E-state index in [0.717, 1.165) is 11.1 Å². The summed E-state index contributed by atoms with van der Waals surface area (Å²) in [5.41, 5.74) is 0.788. The van der Waals surface area contributed by atoms with Gasteiger partial charge in [-0.05, 0) is 57.8 Å². The Labute approximate surface area is 120 Å². The summed E-state index contributed by atoms with van der Waals surface area (Å²) in [4.78, 5) is 11.7. The van der Waals surface area contributed by atoms with Crippen molar-refractivity contribution < 1.29 is 9.90 Å². The van der Waals surface area contributed by atoms with E-state index in [-0.39, 0.29) is 12.5 Å². The maximum atomic E-state index is 11.7. The number of thiophene rings is 2. The molecule has 5 heteroatoms. The number of rotatable bonds is 5. The molecule has 0 saturated heterocycles. The number of carbonyl (C=O) groups excluding carboxylic acids is 1. The van der Waals surface area contributed by atoms with E-state index in [1.54, 1.807) is 24.3 Å². The highest BCUT2D eigenvalue weighted by atomic mass is 32.1. The third kappa shape index (κ3) is 4.02. The summed E-state index contributed by atoms with van der Waals surface area (Å²) in [7, 11) is 0. The molecule has 1 atom stereocenters. The second kappa shape index (κ2) is 6.14. The maximum Gasteiger partial charge on any atom is 0.244 e. The topological polar surface area (TPSA) is 49.3 Å². The number of amides is 1. The molecule has 0 aliphatic carbocycles. The van der Waals surface area contributed by atoms with E-state index >= 15 is 0 Å². The van der Waals surface area contributed by atoms with Crippen LogP contribution in [0.3, 0.4) is 0 Å². The van der Waals surface area contributed by atoms with Crippen LogP contribution in [0.5, 0.6) is 0 Å². The lowest BCUT2D eigenvalue weighted by atomic mass is 9.99. The molecule has 2 aromatic heterocycles. The molecule has 0 radical (unpaired) electrons. The Kier molecular flexibility index (Phi) is 4.52. The zero-order valence-corrected chi connectivity index (χ0v) is 12.1. The van der Waals surface area contributed by atoms with Crippen molar-refractivity contribution in [2.24, 2.45) is 0 Å². The highest BCUT2D eigenvalue weighted by Crippen LogP contribution is 2.21. The lowest BCUT2D eigenvalue weighted by Gasteiger charge is -2.22. The van der Waals surface area contributed by atoms with E-state index in [1.165, 1.54) is 17.4 Å². The quantitative estimate of drug-likeness (QED) is 0.833. The Hall–Kier alpha value is -1.43. The zero-order valence-electron chi connectivity index (χ0n) is 10.5. The average molecular weight is 293 g/mol. The van der Waals surface area contributed by atoms with Gasteiger partial charge < -0.3 is 10.4 Å². The molecule has 0 fully saturated rings. The molecule has 2 rings (SSSR count). The molecule has 19 heavy (non-hydrogen) atoms. The molecule has 0 aromatic carbocycles. The lowest BCUT2D eigenvalue weighted by Crippen LogP contribution is -2.37. The van der Waals surface area contributed by atoms with Gasteiger partial charge in [-0.25, -0.2) is 0 Å². The Bertz CT molecular complexity index is 542. The third-order valence-corrected chi connectivity index (χ3v) is 4.10. The summed E-state index contributed by atoms with van der Waals surface area (Å²) in [6.45, 7) is 1.88. The van der Waals surface area contributed by atoms with Crippen LogP contribution in [-0.2, 0) is 10.4 Å². The van der Waals surface area contributed by atoms with Gasteiger partial charge in [0.15, 0.2) is 0 Å². The third-order valence-electron chi connectivity index (χ3n) is 2.72. The van der Waals surface area contributed by atoms with Crippen molar-refractivity contribution in [3.8, 4) is 0 Å². The molecule has 1 amide bonds. The van der Waals surface area contributed by atoms with Crippen molar-refractivity contribution in [3.63, 3.8) is 0 Å². The van der Waals surface area contributed by atoms with Gasteiger partial charge in [-0.2, -0.15) is 22.7 Å². The Morgan fingerprint density at radius 3 is 2.74 bits per heavy atom. The second-order valence-corrected chi connectivity index (χ2v) is 5.95. The second-order valence-electron chi connectivity index (χ2n) is 4.39. The van der Waals surface area contributed by atoms with Gasteiger partial charge in [0.25, 0.3) is 0 Å². The van der Waals surface area contributed by atoms with Gasteiger partial charge in [0, 0.05) is 6.08 Å². The smallest absolute Gasteiger partial charge is 0.244 e. The van der Waals surface area contributed by atoms with Crippen molar-refractivity contribution in [2.45, 2.75) is 12.5 Å². The van der Waals surface area contributed by atoms with Crippen LogP contribution in [0.25, 0.3) is 6.08 Å². The van der Waals surface area contributed by atoms with Gasteiger partial charge in [0.2, 0.25) is 5.91 Å². The van der Waals surface area contributed by atoms with Gasteiger partial charge in [0.1, 0.15) is 5.60 Å². The summed E-state index contributed by atoms with van der Waals surface area (Å²) < 4.78 is 0. The fraction of sp³-hybridized carbons (Fsp3) is 0.214. The number of hydrogen-bond donors (Lipinski definition) is 2. The minimum absolute atomic E-state index is 0.191. The number of nitrogens with one attached hydrogen (secondary N) is 1. The van der Waals surface area contributed by atoms with Gasteiger partial charge in [-0.15, -0.1) is 0 Å². The van der Waals surface area contributed by atoms with Crippen LogP contribution in [0, 0.1) is 0 Å². The van der Waals surface area contributed by atoms with Gasteiger partial charge in [-0.3, -0.25) is 4.79 Å². The minimum Gasteiger partial charge on any atom is -0.384 e. The molecule has 0 unspecified atom stereocenters. The summed E-state index contributed by atoms with van der Waals surface area (Å²) >= 11 is 3.11. The van der Waals surface area contributed by atoms with E-state index in [4.69, 9.17) is 0 Å². The summed E-state index contributed by atoms with van der Waals surface area (Å²) in [5.74, 6) is -0.207. The van der Waals surface area contributed by atoms with Crippen LogP contribution in [-0.4, -0.2) is 17.6 Å². The molecular weight excluding hydrogens is 278 g/mol. The molecule has 0 bridgehead atoms. The normalized spacial score (nSPS) is 14.4. The molecule has 3 nitrogen and oxygen atoms in total. The van der Waals surface area contributed by atoms with Crippen LogP contribution < -0.4 is 5.32 Å². The monoisotopic (exact) mass is 293 g/mol. The van der Waals surface area contributed by atoms with Gasteiger partial charge in [0.05, 0.1) is 6.54 Å². The first kappa shape index (κ1) is 14.0. The average Bonchev–Trinajstić information content (AvgIpc) is 3.06. The Balaban J connectivity index is 1.87. The van der Waals surface area contributed by atoms with E-state index in [0.29, 0.717) is 0 Å². The van der Waals surface area contributed by atoms with Gasteiger partial charge in [-0.1, -0.05) is 0 Å². The summed E-state index contributed by atoms with van der Waals surface area (Å²) in [5, 5.41) is 20.7. The molecule has 100 valence electrons. The van der Waals surface area contributed by atoms with E-state index in [2.05, 4.69) is 5.32 Å². The van der Waals surface area contributed by atoms with Crippen molar-refractivity contribution >= 4 is 34.7 Å². The zero-order chi connectivity index (χ0) is 13.7. The van der Waals surface area contributed by atoms with Gasteiger partial charge >= 0.3 is 0 Å². The lowest BCUT2D eigenvalue weighted by molar-refractivity contribution is -0.117. The highest BCUT2D eigenvalue weighted by molar-refractivity contribution is 7.08. The van der Waals surface area contributed by atoms with Crippen LogP contribution in [0.15, 0.2) is 39.7 Å². The standard InChI is InChI=1S/C14H15NO2S2/c1-14(17,12-5-7-19-9-12)10-15-13(16)3-2-11-4-6-18-8-11/h2-9,17H,10H2,1H3,(H,15,16)/b3-2+/t14-/m1/s1. The fourth-order valence-electron chi connectivity index (χ4n) is 1.53. The van der Waals surface area contributed by atoms with Crippen LogP contribution >= 0.6 is 22.7 Å². The Morgan fingerprint density at radius 2 is 2.11 bits per heavy atom. The Morgan fingerprint density at radius 1 is 1.37 bits per heavy atom. The van der Waals surface area contributed by atoms with E-state index in [1.807, 2.05) is 33.7 Å². The van der Waals surface area contributed by atoms with Crippen molar-refractivity contribution in [3.05, 3.63) is 50.9 Å². The molecular formula is C14H15NO2S2. The van der Waals surface area contributed by atoms with Crippen LogP contribution in [0.4, 0.5) is 0 Å². The molecule has 0 spiro atoms. The number of carbonyl (C=O) groups is 1. The molecule has 2 N–H and O–H groups in total. The number of hydrogen-bond acceptors (Lipinski definition) is 4. The highest BCUT2D eigenvalue weighted by Gasteiger charge is 2.23. The summed E-state index contributed by atoms with van der Waals surface area (Å²) in [6, 6.07) is 3.80. The molecule has 0 aliphatic heterocycles. The predicted molar refractivity (Wildman–Crippen MR) is 80.3 cm³/mol. The van der Waals surface area contributed by atoms with E-state index in [9.17, 15) is 9.90 Å². The molecule has 0 saturated carbocycles. The van der Waals surface area contributed by atoms with Crippen LogP contribution in [0.1, 0.15) is 18.1 Å². The fourth-order valence-corrected chi connectivity index (χ4v) is 2.94. The number of aliphatic hydroxyl groups is 1. The summed E-state index contributed by atoms with van der Waals surface area (Å²) in [6.07, 6.45) is 3.23. The first-order chi connectivity index (χ1) is 9.08. The predicted octanol–water partition coefficient (Wildman–Crippen LogP) is 2.85. The first-order valence-electron chi connectivity index (χ1n) is 5.81. The van der Waals surface area contributed by atoms with Crippen molar-refractivity contribution in [1.82, 2.24) is 5.32 Å². The van der Waals surface area contributed by atoms with E-state index < -0.39 is 5.60 Å². The largest absolute Gasteiger partial charge is 0.384 e.